The van der Waals surface area contributed by atoms with Crippen molar-refractivity contribution in [3.63, 3.8) is 0 Å². The molecule has 0 spiro atoms. The molecule has 0 radical (unpaired) electrons. The number of hydrogen-bond donors (Lipinski definition) is 2. The maximum absolute atomic E-state index is 10.8. The highest BCUT2D eigenvalue weighted by molar-refractivity contribution is 5.94. The van der Waals surface area contributed by atoms with Crippen molar-refractivity contribution in [1.82, 2.24) is 9.97 Å². The molecule has 0 saturated carbocycles. The third kappa shape index (κ3) is 6.32. The van der Waals surface area contributed by atoms with Crippen LogP contribution in [0.25, 0.3) is 10.4 Å². The van der Waals surface area contributed by atoms with Gasteiger partial charge in [-0.25, -0.2) is 4.79 Å². The van der Waals surface area contributed by atoms with Crippen molar-refractivity contribution >= 4 is 17.7 Å². The topological polar surface area (TPSA) is 141 Å². The Morgan fingerprint density at radius 3 is 2.10 bits per heavy atom. The molecule has 9 heteroatoms. The molecule has 2 aromatic rings. The first-order chi connectivity index (χ1) is 10.1. The van der Waals surface area contributed by atoms with Crippen LogP contribution in [-0.4, -0.2) is 27.1 Å². The molecule has 0 aliphatic carbocycles. The number of nitrogens with one attached hydrogen (secondary N) is 1. The van der Waals surface area contributed by atoms with Crippen LogP contribution in [0.4, 0.5) is 10.5 Å². The highest BCUT2D eigenvalue weighted by atomic mass is 16.4. The number of azide groups is 1. The Hall–Kier alpha value is -3.45. The van der Waals surface area contributed by atoms with Gasteiger partial charge >= 0.3 is 6.09 Å². The van der Waals surface area contributed by atoms with Crippen LogP contribution in [0.1, 0.15) is 10.4 Å². The van der Waals surface area contributed by atoms with E-state index in [4.69, 9.17) is 10.6 Å². The molecule has 9 nitrogen and oxygen atoms in total. The average molecular weight is 286 g/mol. The molecule has 2 aromatic heterocycles. The molecule has 2 amide bonds. The molecule has 0 bridgehead atoms. The largest absolute Gasteiger partial charge is 0.465 e. The van der Waals surface area contributed by atoms with Gasteiger partial charge in [-0.15, -0.1) is 0 Å². The van der Waals surface area contributed by atoms with Gasteiger partial charge in [0.15, 0.2) is 0 Å². The molecule has 0 aliphatic rings. The van der Waals surface area contributed by atoms with Crippen LogP contribution in [0.2, 0.25) is 0 Å². The summed E-state index contributed by atoms with van der Waals surface area (Å²) in [6.45, 7) is 0. The van der Waals surface area contributed by atoms with Gasteiger partial charge in [-0.3, -0.25) is 20.1 Å². The zero-order valence-electron chi connectivity index (χ0n) is 10.6. The molecular weight excluding hydrogens is 276 g/mol. The lowest BCUT2D eigenvalue weighted by Gasteiger charge is -1.96. The van der Waals surface area contributed by atoms with Gasteiger partial charge in [0.1, 0.15) is 0 Å². The first-order valence-corrected chi connectivity index (χ1v) is 5.53. The van der Waals surface area contributed by atoms with Gasteiger partial charge in [-0.1, -0.05) is 0 Å². The normalized spacial score (nSPS) is 8.57. The fourth-order valence-corrected chi connectivity index (χ4v) is 1.15. The van der Waals surface area contributed by atoms with E-state index in [-0.39, 0.29) is 0 Å². The summed E-state index contributed by atoms with van der Waals surface area (Å²) in [6.07, 6.45) is 4.89. The first kappa shape index (κ1) is 15.6. The van der Waals surface area contributed by atoms with E-state index in [2.05, 4.69) is 25.3 Å². The quantitative estimate of drug-likeness (QED) is 0.496. The highest BCUT2D eigenvalue weighted by Gasteiger charge is 1.99. The maximum Gasteiger partial charge on any atom is 0.409 e. The summed E-state index contributed by atoms with van der Waals surface area (Å²) in [7, 11) is 0. The Balaban J connectivity index is 0.000000211. The second kappa shape index (κ2) is 8.62. The molecule has 21 heavy (non-hydrogen) atoms. The third-order valence-corrected chi connectivity index (χ3v) is 1.99. The Kier molecular flexibility index (Phi) is 6.40. The lowest BCUT2D eigenvalue weighted by atomic mass is 10.3. The summed E-state index contributed by atoms with van der Waals surface area (Å²) >= 11 is 0. The van der Waals surface area contributed by atoms with E-state index in [1.165, 1.54) is 36.9 Å². The Morgan fingerprint density at radius 1 is 1.10 bits per heavy atom. The monoisotopic (exact) mass is 286 g/mol. The third-order valence-electron chi connectivity index (χ3n) is 1.99. The number of nitrogens with zero attached hydrogens (tertiary/aromatic N) is 5. The lowest BCUT2D eigenvalue weighted by Crippen LogP contribution is -2.06. The van der Waals surface area contributed by atoms with Crippen molar-refractivity contribution in [2.75, 3.05) is 5.32 Å². The van der Waals surface area contributed by atoms with Crippen LogP contribution in [0.15, 0.2) is 54.2 Å². The Labute approximate surface area is 118 Å². The molecule has 106 valence electrons. The molecule has 0 atom stereocenters. The second-order valence-electron chi connectivity index (χ2n) is 3.40. The number of pyridine rings is 2. The summed E-state index contributed by atoms with van der Waals surface area (Å²) in [5.41, 5.74) is 8.80. The summed E-state index contributed by atoms with van der Waals surface area (Å²) in [5, 5.41) is 13.3. The number of carboxylic acid groups (broad SMARTS) is 1. The van der Waals surface area contributed by atoms with Gasteiger partial charge in [0.05, 0.1) is 0 Å². The van der Waals surface area contributed by atoms with E-state index in [1.54, 1.807) is 12.1 Å². The minimum Gasteiger partial charge on any atom is -0.465 e. The van der Waals surface area contributed by atoms with Gasteiger partial charge in [-0.2, -0.15) is 0 Å². The summed E-state index contributed by atoms with van der Waals surface area (Å²) < 4.78 is 0. The number of anilines is 1. The van der Waals surface area contributed by atoms with Gasteiger partial charge in [0.2, 0.25) is 5.91 Å². The van der Waals surface area contributed by atoms with Crippen molar-refractivity contribution in [1.29, 1.82) is 0 Å². The predicted molar refractivity (Wildman–Crippen MR) is 73.6 cm³/mol. The van der Waals surface area contributed by atoms with Crippen molar-refractivity contribution in [2.45, 2.75) is 0 Å². The van der Waals surface area contributed by atoms with Crippen molar-refractivity contribution < 1.29 is 14.7 Å². The molecule has 0 saturated heterocycles. The Morgan fingerprint density at radius 2 is 1.62 bits per heavy atom. The fourth-order valence-electron chi connectivity index (χ4n) is 1.15. The standard InChI is InChI=1S/C6H4N4O.C6H6N2O2/c7-10-9-6(11)5-1-3-8-4-2-5;9-6(10)8-5-1-3-7-4-2-5/h1-4H;1-4H,(H,7,8)(H,9,10). The van der Waals surface area contributed by atoms with Crippen molar-refractivity contribution in [3.8, 4) is 0 Å². The van der Waals surface area contributed by atoms with Crippen molar-refractivity contribution in [2.24, 2.45) is 5.11 Å². The van der Waals surface area contributed by atoms with E-state index >= 15 is 0 Å². The minimum atomic E-state index is -1.06. The second-order valence-corrected chi connectivity index (χ2v) is 3.40. The summed E-state index contributed by atoms with van der Waals surface area (Å²) in [6, 6.07) is 6.12. The van der Waals surface area contributed by atoms with Crippen LogP contribution in [0.5, 0.6) is 0 Å². The van der Waals surface area contributed by atoms with E-state index in [0.29, 0.717) is 11.3 Å². The SMILES string of the molecule is O=C(O)Nc1ccncc1.[N-]=[N+]=NC(=O)c1ccncc1. The van der Waals surface area contributed by atoms with Gasteiger partial charge in [0, 0.05) is 40.9 Å². The molecule has 0 fully saturated rings. The van der Waals surface area contributed by atoms with Crippen LogP contribution < -0.4 is 5.32 Å². The number of aromatic nitrogens is 2. The minimum absolute atomic E-state index is 0.345. The van der Waals surface area contributed by atoms with Crippen LogP contribution in [0.3, 0.4) is 0 Å². The Bertz CT molecular complexity index is 641. The summed E-state index contributed by atoms with van der Waals surface area (Å²) in [5.74, 6) is -0.588. The molecule has 0 unspecified atom stereocenters. The van der Waals surface area contributed by atoms with E-state index < -0.39 is 12.0 Å². The van der Waals surface area contributed by atoms with E-state index in [9.17, 15) is 9.59 Å². The van der Waals surface area contributed by atoms with Crippen LogP contribution in [0, 0.1) is 0 Å². The van der Waals surface area contributed by atoms with E-state index in [0.717, 1.165) is 0 Å². The zero-order valence-corrected chi connectivity index (χ0v) is 10.6. The zero-order chi connectivity index (χ0) is 15.5. The summed E-state index contributed by atoms with van der Waals surface area (Å²) in [4.78, 5) is 30.6. The van der Waals surface area contributed by atoms with Crippen molar-refractivity contribution in [3.05, 3.63) is 65.1 Å². The van der Waals surface area contributed by atoms with E-state index in [1.807, 2.05) is 0 Å². The molecule has 2 heterocycles. The number of amides is 2. The maximum atomic E-state index is 10.8. The highest BCUT2D eigenvalue weighted by Crippen LogP contribution is 2.01. The first-order valence-electron chi connectivity index (χ1n) is 5.53. The fraction of sp³-hybridized carbons (Fsp3) is 0. The van der Waals surface area contributed by atoms with Gasteiger partial charge in [0.25, 0.3) is 0 Å². The predicted octanol–water partition coefficient (Wildman–Crippen LogP) is 2.70. The number of carbonyl (C=O) groups is 2. The molecule has 2 N–H and O–H groups in total. The van der Waals surface area contributed by atoms with Crippen LogP contribution >= 0.6 is 0 Å². The van der Waals surface area contributed by atoms with Gasteiger partial charge in [-0.05, 0) is 34.9 Å². The molecule has 0 aromatic carbocycles. The lowest BCUT2D eigenvalue weighted by molar-refractivity contribution is 0.1000. The molecule has 2 rings (SSSR count). The number of carbonyl (C=O) groups excluding carboxylic acids is 1. The number of rotatable bonds is 2. The van der Waals surface area contributed by atoms with Crippen LogP contribution in [-0.2, 0) is 0 Å². The number of hydrogen-bond acceptors (Lipinski definition) is 4. The molecular formula is C12H10N6O3. The smallest absolute Gasteiger partial charge is 0.409 e. The average Bonchev–Trinajstić information content (AvgIpc) is 2.49. The molecule has 0 aliphatic heterocycles. The van der Waals surface area contributed by atoms with Gasteiger partial charge < -0.3 is 5.11 Å².